The zero-order chi connectivity index (χ0) is 17.9. The fraction of sp³-hybridized carbons (Fsp3) is 0.600. The lowest BCUT2D eigenvalue weighted by atomic mass is 9.99. The molecular weight excluding hydrogens is 326 g/mol. The van der Waals surface area contributed by atoms with Crippen LogP contribution in [0.1, 0.15) is 25.6 Å². The van der Waals surface area contributed by atoms with Crippen molar-refractivity contribution in [1.82, 2.24) is 24.7 Å². The topological polar surface area (TPSA) is 55.5 Å². The van der Waals surface area contributed by atoms with Gasteiger partial charge in [-0.3, -0.25) is 14.6 Å². The molecule has 26 heavy (non-hydrogen) atoms. The van der Waals surface area contributed by atoms with E-state index in [2.05, 4.69) is 37.7 Å². The zero-order valence-electron chi connectivity index (χ0n) is 15.7. The number of para-hydroxylation sites is 2. The molecule has 3 heterocycles. The van der Waals surface area contributed by atoms with E-state index in [0.29, 0.717) is 12.5 Å². The lowest BCUT2D eigenvalue weighted by Crippen LogP contribution is -2.50. The fourth-order valence-corrected chi connectivity index (χ4v) is 3.95. The maximum Gasteiger partial charge on any atom is 0.236 e. The molecule has 2 saturated heterocycles. The molecule has 0 unspecified atom stereocenters. The second kappa shape index (κ2) is 7.76. The van der Waals surface area contributed by atoms with Gasteiger partial charge in [-0.15, -0.1) is 0 Å². The minimum atomic E-state index is 0.308. The maximum atomic E-state index is 12.5. The van der Waals surface area contributed by atoms with E-state index in [1.54, 1.807) is 0 Å². The highest BCUT2D eigenvalue weighted by atomic mass is 16.2. The van der Waals surface area contributed by atoms with Crippen molar-refractivity contribution in [2.24, 2.45) is 5.92 Å². The van der Waals surface area contributed by atoms with Crippen LogP contribution < -0.4 is 0 Å². The van der Waals surface area contributed by atoms with Crippen molar-refractivity contribution in [1.29, 1.82) is 0 Å². The van der Waals surface area contributed by atoms with Crippen LogP contribution >= 0.6 is 0 Å². The lowest BCUT2D eigenvalue weighted by Gasteiger charge is -2.36. The summed E-state index contributed by atoms with van der Waals surface area (Å²) in [7, 11) is 0. The number of rotatable bonds is 4. The number of hydrogen-bond acceptors (Lipinski definition) is 4. The Balaban J connectivity index is 1.24. The molecule has 0 aliphatic carbocycles. The van der Waals surface area contributed by atoms with Gasteiger partial charge in [0.1, 0.15) is 5.82 Å². The van der Waals surface area contributed by atoms with Gasteiger partial charge in [0.15, 0.2) is 0 Å². The molecule has 1 aromatic carbocycles. The molecule has 140 valence electrons. The molecule has 0 spiro atoms. The van der Waals surface area contributed by atoms with E-state index in [1.165, 1.54) is 0 Å². The first-order valence-electron chi connectivity index (χ1n) is 9.83. The normalized spacial score (nSPS) is 20.7. The van der Waals surface area contributed by atoms with E-state index in [-0.39, 0.29) is 0 Å². The number of piperazine rings is 1. The summed E-state index contributed by atoms with van der Waals surface area (Å²) in [5.74, 6) is 2.10. The number of piperidine rings is 1. The van der Waals surface area contributed by atoms with E-state index in [9.17, 15) is 4.79 Å². The smallest absolute Gasteiger partial charge is 0.236 e. The SMILES string of the molecule is CC1CCN(C(=O)CN2CCN(Cc3nc4ccccc4[nH]3)CC2)CC1. The number of nitrogens with one attached hydrogen (secondary N) is 1. The van der Waals surface area contributed by atoms with E-state index >= 15 is 0 Å². The van der Waals surface area contributed by atoms with Gasteiger partial charge in [0.05, 0.1) is 24.1 Å². The number of carbonyl (C=O) groups excluding carboxylic acids is 1. The van der Waals surface area contributed by atoms with Crippen molar-refractivity contribution in [3.63, 3.8) is 0 Å². The third-order valence-electron chi connectivity index (χ3n) is 5.77. The molecule has 2 aliphatic heterocycles. The molecule has 1 N–H and O–H groups in total. The number of imidazole rings is 1. The summed E-state index contributed by atoms with van der Waals surface area (Å²) in [5.41, 5.74) is 2.13. The van der Waals surface area contributed by atoms with Gasteiger partial charge >= 0.3 is 0 Å². The fourth-order valence-electron chi connectivity index (χ4n) is 3.95. The summed E-state index contributed by atoms with van der Waals surface area (Å²) in [6.45, 7) is 9.46. The molecule has 0 radical (unpaired) electrons. The second-order valence-corrected chi connectivity index (χ2v) is 7.82. The van der Waals surface area contributed by atoms with Gasteiger partial charge in [-0.05, 0) is 30.9 Å². The Bertz CT molecular complexity index is 708. The number of likely N-dealkylation sites (tertiary alicyclic amines) is 1. The average Bonchev–Trinajstić information content (AvgIpc) is 3.06. The molecular formula is C20H29N5O. The van der Waals surface area contributed by atoms with Gasteiger partial charge < -0.3 is 9.88 Å². The molecule has 0 atom stereocenters. The molecule has 0 saturated carbocycles. The van der Waals surface area contributed by atoms with Crippen LogP contribution in [-0.4, -0.2) is 76.4 Å². The van der Waals surface area contributed by atoms with E-state index in [4.69, 9.17) is 0 Å². The molecule has 2 fully saturated rings. The standard InChI is InChI=1S/C20H29N5O/c1-16-6-8-25(9-7-16)20(26)15-24-12-10-23(11-13-24)14-19-21-17-4-2-3-5-18(17)22-19/h2-5,16H,6-15H2,1H3,(H,21,22). The number of nitrogens with zero attached hydrogens (tertiary/aromatic N) is 4. The monoisotopic (exact) mass is 355 g/mol. The number of hydrogen-bond donors (Lipinski definition) is 1. The van der Waals surface area contributed by atoms with Gasteiger partial charge in [0.25, 0.3) is 0 Å². The largest absolute Gasteiger partial charge is 0.342 e. The molecule has 4 rings (SSSR count). The predicted molar refractivity (Wildman–Crippen MR) is 103 cm³/mol. The second-order valence-electron chi connectivity index (χ2n) is 7.82. The zero-order valence-corrected chi connectivity index (χ0v) is 15.7. The van der Waals surface area contributed by atoms with Crippen molar-refractivity contribution in [3.8, 4) is 0 Å². The first-order chi connectivity index (χ1) is 12.7. The van der Waals surface area contributed by atoms with E-state index in [1.807, 2.05) is 18.2 Å². The Morgan fingerprint density at radius 3 is 2.50 bits per heavy atom. The Morgan fingerprint density at radius 1 is 1.08 bits per heavy atom. The highest BCUT2D eigenvalue weighted by Gasteiger charge is 2.24. The van der Waals surface area contributed by atoms with Crippen LogP contribution in [0.4, 0.5) is 0 Å². The third kappa shape index (κ3) is 4.07. The Hall–Kier alpha value is -1.92. The number of carbonyl (C=O) groups is 1. The van der Waals surface area contributed by atoms with Crippen LogP contribution in [-0.2, 0) is 11.3 Å². The quantitative estimate of drug-likeness (QED) is 0.911. The number of aromatic amines is 1. The molecule has 6 nitrogen and oxygen atoms in total. The van der Waals surface area contributed by atoms with Gasteiger partial charge in [0, 0.05) is 39.3 Å². The van der Waals surface area contributed by atoms with Crippen molar-refractivity contribution < 1.29 is 4.79 Å². The van der Waals surface area contributed by atoms with Gasteiger partial charge in [0.2, 0.25) is 5.91 Å². The van der Waals surface area contributed by atoms with Crippen LogP contribution in [0.5, 0.6) is 0 Å². The highest BCUT2D eigenvalue weighted by molar-refractivity contribution is 5.78. The molecule has 0 bridgehead atoms. The van der Waals surface area contributed by atoms with Crippen molar-refractivity contribution in [2.45, 2.75) is 26.3 Å². The summed E-state index contributed by atoms with van der Waals surface area (Å²) in [5, 5.41) is 0. The van der Waals surface area contributed by atoms with Crippen LogP contribution in [0.15, 0.2) is 24.3 Å². The summed E-state index contributed by atoms with van der Waals surface area (Å²) < 4.78 is 0. The van der Waals surface area contributed by atoms with Gasteiger partial charge in [-0.1, -0.05) is 19.1 Å². The number of benzene rings is 1. The van der Waals surface area contributed by atoms with Gasteiger partial charge in [-0.25, -0.2) is 4.98 Å². The third-order valence-corrected chi connectivity index (χ3v) is 5.77. The van der Waals surface area contributed by atoms with Gasteiger partial charge in [-0.2, -0.15) is 0 Å². The van der Waals surface area contributed by atoms with Crippen molar-refractivity contribution >= 4 is 16.9 Å². The van der Waals surface area contributed by atoms with Crippen LogP contribution in [0.25, 0.3) is 11.0 Å². The minimum absolute atomic E-state index is 0.308. The van der Waals surface area contributed by atoms with E-state index < -0.39 is 0 Å². The number of fused-ring (bicyclic) bond motifs is 1. The lowest BCUT2D eigenvalue weighted by molar-refractivity contribution is -0.134. The Kier molecular flexibility index (Phi) is 5.22. The minimum Gasteiger partial charge on any atom is -0.342 e. The van der Waals surface area contributed by atoms with Crippen LogP contribution in [0, 0.1) is 5.92 Å². The summed E-state index contributed by atoms with van der Waals surface area (Å²) in [6.07, 6.45) is 2.30. The first kappa shape index (κ1) is 17.5. The predicted octanol–water partition coefficient (Wildman–Crippen LogP) is 1.94. The summed E-state index contributed by atoms with van der Waals surface area (Å²) >= 11 is 0. The molecule has 1 aromatic heterocycles. The summed E-state index contributed by atoms with van der Waals surface area (Å²) in [6, 6.07) is 8.16. The number of aromatic nitrogens is 2. The molecule has 1 amide bonds. The number of H-pyrrole nitrogens is 1. The molecule has 2 aromatic rings. The molecule has 2 aliphatic rings. The Labute approximate surface area is 155 Å². The highest BCUT2D eigenvalue weighted by Crippen LogP contribution is 2.17. The van der Waals surface area contributed by atoms with E-state index in [0.717, 1.165) is 81.4 Å². The summed E-state index contributed by atoms with van der Waals surface area (Å²) in [4.78, 5) is 27.4. The average molecular weight is 355 g/mol. The van der Waals surface area contributed by atoms with Crippen molar-refractivity contribution in [3.05, 3.63) is 30.1 Å². The van der Waals surface area contributed by atoms with Crippen LogP contribution in [0.2, 0.25) is 0 Å². The first-order valence-corrected chi connectivity index (χ1v) is 9.83. The Morgan fingerprint density at radius 2 is 1.77 bits per heavy atom. The van der Waals surface area contributed by atoms with Crippen molar-refractivity contribution in [2.75, 3.05) is 45.8 Å². The maximum absolute atomic E-state index is 12.5. The molecule has 6 heteroatoms. The number of amides is 1. The van der Waals surface area contributed by atoms with Crippen LogP contribution in [0.3, 0.4) is 0 Å².